The second-order valence-electron chi connectivity index (χ2n) is 4.39. The molecule has 0 aliphatic carbocycles. The topological polar surface area (TPSA) is 58.6 Å². The van der Waals surface area contributed by atoms with Crippen LogP contribution in [0.2, 0.25) is 0 Å². The SMILES string of the molecule is COCCC(C)(O)CNC(=O)C(C)(C)Br. The van der Waals surface area contributed by atoms with Gasteiger partial charge in [0.25, 0.3) is 0 Å². The van der Waals surface area contributed by atoms with Crippen molar-refractivity contribution in [3.63, 3.8) is 0 Å². The van der Waals surface area contributed by atoms with Crippen molar-refractivity contribution in [1.29, 1.82) is 0 Å². The number of hydrogen-bond donors (Lipinski definition) is 2. The van der Waals surface area contributed by atoms with Crippen LogP contribution in [-0.4, -0.2) is 41.2 Å². The molecule has 0 aromatic heterocycles. The number of alkyl halides is 1. The molecule has 0 radical (unpaired) electrons. The molecule has 0 bridgehead atoms. The number of amides is 1. The van der Waals surface area contributed by atoms with Crippen LogP contribution in [0.15, 0.2) is 0 Å². The Hall–Kier alpha value is -0.130. The summed E-state index contributed by atoms with van der Waals surface area (Å²) in [6.45, 7) is 5.89. The van der Waals surface area contributed by atoms with E-state index < -0.39 is 9.93 Å². The van der Waals surface area contributed by atoms with E-state index >= 15 is 0 Å². The average Bonchev–Trinajstić information content (AvgIpc) is 2.09. The molecule has 0 aromatic rings. The standard InChI is InChI=1S/C10H20BrNO3/c1-9(2,11)8(13)12-7-10(3,14)5-6-15-4/h14H,5-7H2,1-4H3,(H,12,13). The van der Waals surface area contributed by atoms with Crippen molar-refractivity contribution in [2.24, 2.45) is 0 Å². The van der Waals surface area contributed by atoms with Crippen LogP contribution in [0.25, 0.3) is 0 Å². The summed E-state index contributed by atoms with van der Waals surface area (Å²) in [5, 5.41) is 12.5. The van der Waals surface area contributed by atoms with E-state index in [0.29, 0.717) is 13.0 Å². The van der Waals surface area contributed by atoms with Crippen molar-refractivity contribution in [2.45, 2.75) is 37.1 Å². The van der Waals surface area contributed by atoms with Gasteiger partial charge in [-0.2, -0.15) is 0 Å². The monoisotopic (exact) mass is 281 g/mol. The molecule has 4 nitrogen and oxygen atoms in total. The molecule has 1 unspecified atom stereocenters. The van der Waals surface area contributed by atoms with Gasteiger partial charge in [-0.3, -0.25) is 4.79 Å². The number of halogens is 1. The third-order valence-corrected chi connectivity index (χ3v) is 2.37. The average molecular weight is 282 g/mol. The highest BCUT2D eigenvalue weighted by Crippen LogP contribution is 2.16. The maximum absolute atomic E-state index is 11.5. The first-order chi connectivity index (χ1) is 6.69. The molecular formula is C10H20BrNO3. The van der Waals surface area contributed by atoms with Gasteiger partial charge < -0.3 is 15.2 Å². The molecule has 0 aliphatic rings. The molecule has 0 fully saturated rings. The molecule has 0 aliphatic heterocycles. The van der Waals surface area contributed by atoms with Gasteiger partial charge in [0, 0.05) is 26.7 Å². The van der Waals surface area contributed by atoms with Crippen LogP contribution >= 0.6 is 15.9 Å². The maximum atomic E-state index is 11.5. The van der Waals surface area contributed by atoms with Gasteiger partial charge in [-0.1, -0.05) is 15.9 Å². The molecule has 0 spiro atoms. The smallest absolute Gasteiger partial charge is 0.236 e. The van der Waals surface area contributed by atoms with Gasteiger partial charge in [-0.15, -0.1) is 0 Å². The lowest BCUT2D eigenvalue weighted by atomic mass is 10.0. The van der Waals surface area contributed by atoms with Gasteiger partial charge >= 0.3 is 0 Å². The van der Waals surface area contributed by atoms with Crippen LogP contribution in [-0.2, 0) is 9.53 Å². The van der Waals surface area contributed by atoms with Crippen LogP contribution < -0.4 is 5.32 Å². The minimum Gasteiger partial charge on any atom is -0.388 e. The first kappa shape index (κ1) is 14.9. The van der Waals surface area contributed by atoms with Crippen LogP contribution in [0.3, 0.4) is 0 Å². The first-order valence-corrected chi connectivity index (χ1v) is 5.67. The summed E-state index contributed by atoms with van der Waals surface area (Å²) in [4.78, 5) is 11.5. The van der Waals surface area contributed by atoms with Crippen LogP contribution in [0, 0.1) is 0 Å². The molecule has 0 saturated carbocycles. The highest BCUT2D eigenvalue weighted by molar-refractivity contribution is 9.10. The summed E-state index contributed by atoms with van der Waals surface area (Å²) in [5.41, 5.74) is -0.927. The molecule has 0 rings (SSSR count). The normalized spacial score (nSPS) is 15.9. The summed E-state index contributed by atoms with van der Waals surface area (Å²) in [5.74, 6) is -0.139. The zero-order chi connectivity index (χ0) is 12.1. The second kappa shape index (κ2) is 5.82. The highest BCUT2D eigenvalue weighted by atomic mass is 79.9. The molecular weight excluding hydrogens is 262 g/mol. The van der Waals surface area contributed by atoms with E-state index in [1.54, 1.807) is 27.9 Å². The molecule has 5 heteroatoms. The van der Waals surface area contributed by atoms with Gasteiger partial charge in [0.15, 0.2) is 0 Å². The Bertz CT molecular complexity index is 211. The number of carbonyl (C=O) groups excluding carboxylic acids is 1. The van der Waals surface area contributed by atoms with Crippen molar-refractivity contribution in [1.82, 2.24) is 5.32 Å². The van der Waals surface area contributed by atoms with E-state index in [9.17, 15) is 9.90 Å². The van der Waals surface area contributed by atoms with Gasteiger partial charge in [0.05, 0.1) is 9.93 Å². The number of ether oxygens (including phenoxy) is 1. The Morgan fingerprint density at radius 2 is 2.00 bits per heavy atom. The summed E-state index contributed by atoms with van der Waals surface area (Å²) in [7, 11) is 1.58. The largest absolute Gasteiger partial charge is 0.388 e. The lowest BCUT2D eigenvalue weighted by Crippen LogP contribution is -2.46. The van der Waals surface area contributed by atoms with Gasteiger partial charge in [-0.05, 0) is 20.8 Å². The Morgan fingerprint density at radius 1 is 1.47 bits per heavy atom. The van der Waals surface area contributed by atoms with E-state index in [4.69, 9.17) is 4.74 Å². The van der Waals surface area contributed by atoms with E-state index in [1.165, 1.54) is 0 Å². The highest BCUT2D eigenvalue weighted by Gasteiger charge is 2.27. The van der Waals surface area contributed by atoms with Crippen LogP contribution in [0.5, 0.6) is 0 Å². The minimum atomic E-state index is -0.927. The predicted molar refractivity (Wildman–Crippen MR) is 63.1 cm³/mol. The maximum Gasteiger partial charge on any atom is 0.236 e. The molecule has 90 valence electrons. The Labute approximate surface area is 99.5 Å². The molecule has 1 amide bonds. The molecule has 0 aromatic carbocycles. The second-order valence-corrected chi connectivity index (χ2v) is 6.38. The molecule has 15 heavy (non-hydrogen) atoms. The van der Waals surface area contributed by atoms with E-state index in [-0.39, 0.29) is 12.5 Å². The quantitative estimate of drug-likeness (QED) is 0.716. The molecule has 1 atom stereocenters. The zero-order valence-corrected chi connectivity index (χ0v) is 11.3. The van der Waals surface area contributed by atoms with Gasteiger partial charge in [0.1, 0.15) is 0 Å². The Balaban J connectivity index is 3.98. The first-order valence-electron chi connectivity index (χ1n) is 4.87. The number of aliphatic hydroxyl groups is 1. The number of hydrogen-bond acceptors (Lipinski definition) is 3. The van der Waals surface area contributed by atoms with E-state index in [1.807, 2.05) is 0 Å². The van der Waals surface area contributed by atoms with Crippen molar-refractivity contribution < 1.29 is 14.6 Å². The third kappa shape index (κ3) is 6.87. The van der Waals surface area contributed by atoms with Gasteiger partial charge in [0.2, 0.25) is 5.91 Å². The number of carbonyl (C=O) groups is 1. The Morgan fingerprint density at radius 3 is 2.40 bits per heavy atom. The summed E-state index contributed by atoms with van der Waals surface area (Å²) >= 11 is 3.25. The summed E-state index contributed by atoms with van der Waals surface area (Å²) < 4.78 is 4.26. The van der Waals surface area contributed by atoms with E-state index in [2.05, 4.69) is 21.2 Å². The van der Waals surface area contributed by atoms with Crippen molar-refractivity contribution in [3.8, 4) is 0 Å². The van der Waals surface area contributed by atoms with Crippen LogP contribution in [0.1, 0.15) is 27.2 Å². The fraction of sp³-hybridized carbons (Fsp3) is 0.900. The minimum absolute atomic E-state index is 0.139. The van der Waals surface area contributed by atoms with Crippen molar-refractivity contribution in [2.75, 3.05) is 20.3 Å². The number of methoxy groups -OCH3 is 1. The number of nitrogens with one attached hydrogen (secondary N) is 1. The lowest BCUT2D eigenvalue weighted by molar-refractivity contribution is -0.123. The molecule has 0 heterocycles. The van der Waals surface area contributed by atoms with E-state index in [0.717, 1.165) is 0 Å². The number of rotatable bonds is 6. The summed E-state index contributed by atoms with van der Waals surface area (Å²) in [6, 6.07) is 0. The van der Waals surface area contributed by atoms with Crippen molar-refractivity contribution >= 4 is 21.8 Å². The summed E-state index contributed by atoms with van der Waals surface area (Å²) in [6.07, 6.45) is 0.493. The lowest BCUT2D eigenvalue weighted by Gasteiger charge is -2.25. The Kier molecular flexibility index (Phi) is 5.77. The van der Waals surface area contributed by atoms with Crippen LogP contribution in [0.4, 0.5) is 0 Å². The molecule has 0 saturated heterocycles. The fourth-order valence-corrected chi connectivity index (χ4v) is 1.03. The van der Waals surface area contributed by atoms with Gasteiger partial charge in [-0.25, -0.2) is 0 Å². The predicted octanol–water partition coefficient (Wildman–Crippen LogP) is 1.06. The van der Waals surface area contributed by atoms with Crippen molar-refractivity contribution in [3.05, 3.63) is 0 Å². The zero-order valence-electron chi connectivity index (χ0n) is 9.76. The molecule has 2 N–H and O–H groups in total. The third-order valence-electron chi connectivity index (χ3n) is 2.01. The fourth-order valence-electron chi connectivity index (χ4n) is 0.891.